The zero-order chi connectivity index (χ0) is 26.2. The number of unbranched alkanes of at least 4 members (excludes halogenated alkanes) is 3. The quantitative estimate of drug-likeness (QED) is 0.255. The van der Waals surface area contributed by atoms with Gasteiger partial charge in [0.05, 0.1) is 6.04 Å². The summed E-state index contributed by atoms with van der Waals surface area (Å²) in [6, 6.07) is 16.1. The highest BCUT2D eigenvalue weighted by Crippen LogP contribution is 2.38. The molecule has 0 spiro atoms. The number of fused-ring (bicyclic) bond motifs is 1. The number of nitrogens with zero attached hydrogens (tertiary/aromatic N) is 2. The van der Waals surface area contributed by atoms with E-state index in [9.17, 15) is 14.0 Å². The number of hydrogen-bond donors (Lipinski definition) is 0. The molecule has 0 saturated carbocycles. The first-order valence-corrected chi connectivity index (χ1v) is 14.4. The van der Waals surface area contributed by atoms with E-state index >= 15 is 0 Å². The molecule has 1 aliphatic heterocycles. The van der Waals surface area contributed by atoms with Crippen molar-refractivity contribution in [3.63, 3.8) is 0 Å². The van der Waals surface area contributed by atoms with E-state index in [1.807, 2.05) is 29.2 Å². The minimum atomic E-state index is -0.296. The van der Waals surface area contributed by atoms with Gasteiger partial charge in [0.25, 0.3) is 5.91 Å². The van der Waals surface area contributed by atoms with Crippen LogP contribution in [0.15, 0.2) is 60.0 Å². The van der Waals surface area contributed by atoms with E-state index < -0.39 is 0 Å². The maximum atomic E-state index is 13.8. The van der Waals surface area contributed by atoms with Crippen molar-refractivity contribution < 1.29 is 14.0 Å². The molecule has 2 aromatic carbocycles. The normalized spacial score (nSPS) is 14.9. The lowest BCUT2D eigenvalue weighted by Crippen LogP contribution is -2.47. The van der Waals surface area contributed by atoms with E-state index in [1.54, 1.807) is 28.4 Å². The molecule has 0 aliphatic carbocycles. The van der Waals surface area contributed by atoms with Gasteiger partial charge in [-0.2, -0.15) is 0 Å². The molecular weight excluding hydrogens is 483 g/mol. The van der Waals surface area contributed by atoms with Gasteiger partial charge in [0.2, 0.25) is 5.91 Å². The fraction of sp³-hybridized carbons (Fsp3) is 0.419. The summed E-state index contributed by atoms with van der Waals surface area (Å²) in [5, 5.41) is 2.05. The Balaban J connectivity index is 1.53. The smallest absolute Gasteiger partial charge is 0.254 e. The second-order valence-corrected chi connectivity index (χ2v) is 10.8. The van der Waals surface area contributed by atoms with Crippen molar-refractivity contribution in [1.29, 1.82) is 0 Å². The van der Waals surface area contributed by atoms with Gasteiger partial charge in [-0.05, 0) is 78.1 Å². The molecule has 0 fully saturated rings. The topological polar surface area (TPSA) is 40.6 Å². The zero-order valence-corrected chi connectivity index (χ0v) is 22.7. The summed E-state index contributed by atoms with van der Waals surface area (Å²) in [5.74, 6) is -0.476. The largest absolute Gasteiger partial charge is 0.330 e. The van der Waals surface area contributed by atoms with Crippen LogP contribution in [0.4, 0.5) is 4.39 Å². The number of benzene rings is 2. The number of thiophene rings is 1. The van der Waals surface area contributed by atoms with Crippen molar-refractivity contribution in [2.45, 2.75) is 64.8 Å². The summed E-state index contributed by atoms with van der Waals surface area (Å²) in [7, 11) is 0. The summed E-state index contributed by atoms with van der Waals surface area (Å²) in [5.41, 5.74) is 3.85. The van der Waals surface area contributed by atoms with Gasteiger partial charge in [0.15, 0.2) is 0 Å². The van der Waals surface area contributed by atoms with Crippen LogP contribution < -0.4 is 0 Å². The van der Waals surface area contributed by atoms with Gasteiger partial charge in [-0.3, -0.25) is 9.59 Å². The SMILES string of the molecule is CCCCCc1ccc(C(=O)N(CCCC)CC(=O)N2CCc3sccc3[C@H]2c2ccc(F)cc2)cc1. The van der Waals surface area contributed by atoms with E-state index in [2.05, 4.69) is 25.3 Å². The molecule has 0 N–H and O–H groups in total. The highest BCUT2D eigenvalue weighted by molar-refractivity contribution is 7.10. The molecule has 0 bridgehead atoms. The van der Waals surface area contributed by atoms with E-state index in [4.69, 9.17) is 0 Å². The van der Waals surface area contributed by atoms with Gasteiger partial charge in [-0.25, -0.2) is 4.39 Å². The Hall–Kier alpha value is -2.99. The third-order valence-electron chi connectivity index (χ3n) is 7.14. The van der Waals surface area contributed by atoms with E-state index in [0.717, 1.165) is 43.2 Å². The molecule has 1 atom stereocenters. The molecule has 196 valence electrons. The van der Waals surface area contributed by atoms with Crippen molar-refractivity contribution in [1.82, 2.24) is 9.80 Å². The zero-order valence-electron chi connectivity index (χ0n) is 21.9. The molecule has 37 heavy (non-hydrogen) atoms. The predicted molar refractivity (Wildman–Crippen MR) is 148 cm³/mol. The van der Waals surface area contributed by atoms with E-state index in [-0.39, 0.29) is 30.2 Å². The van der Waals surface area contributed by atoms with Crippen LogP contribution in [-0.4, -0.2) is 41.2 Å². The predicted octanol–water partition coefficient (Wildman–Crippen LogP) is 7.04. The van der Waals surface area contributed by atoms with E-state index in [0.29, 0.717) is 18.7 Å². The second-order valence-electron chi connectivity index (χ2n) is 9.82. The molecule has 2 heterocycles. The lowest BCUT2D eigenvalue weighted by Gasteiger charge is -2.37. The van der Waals surface area contributed by atoms with E-state index in [1.165, 1.54) is 35.4 Å². The molecule has 0 saturated heterocycles. The molecule has 0 unspecified atom stereocenters. The number of rotatable bonds is 11. The first-order chi connectivity index (χ1) is 18.0. The standard InChI is InChI=1S/C31H37FN2O2S/c1-3-5-7-8-23-9-11-25(12-10-23)31(36)33(19-6-4-2)22-29(35)34-20-17-28-27(18-21-37-28)30(34)24-13-15-26(32)16-14-24/h9-16,18,21,30H,3-8,17,19-20,22H2,1-2H3/t30-/m1/s1. The molecule has 3 aromatic rings. The first-order valence-electron chi connectivity index (χ1n) is 13.5. The number of hydrogen-bond acceptors (Lipinski definition) is 3. The van der Waals surface area contributed by atoms with Crippen LogP contribution in [0.3, 0.4) is 0 Å². The summed E-state index contributed by atoms with van der Waals surface area (Å²) < 4.78 is 13.7. The Labute approximate surface area is 224 Å². The molecule has 1 aromatic heterocycles. The molecule has 1 aliphatic rings. The highest BCUT2D eigenvalue weighted by Gasteiger charge is 2.34. The second kappa shape index (κ2) is 13.0. The molecule has 2 amide bonds. The summed E-state index contributed by atoms with van der Waals surface area (Å²) in [4.78, 5) is 32.1. The monoisotopic (exact) mass is 520 g/mol. The highest BCUT2D eigenvalue weighted by atomic mass is 32.1. The van der Waals surface area contributed by atoms with Gasteiger partial charge in [0.1, 0.15) is 12.4 Å². The number of halogens is 1. The third-order valence-corrected chi connectivity index (χ3v) is 8.13. The Bertz CT molecular complexity index is 1170. The minimum Gasteiger partial charge on any atom is -0.330 e. The van der Waals surface area contributed by atoms with Gasteiger partial charge >= 0.3 is 0 Å². The number of aryl methyl sites for hydroxylation is 1. The number of carbonyl (C=O) groups excluding carboxylic acids is 2. The van der Waals surface area contributed by atoms with Gasteiger partial charge in [-0.15, -0.1) is 11.3 Å². The van der Waals surface area contributed by atoms with Crippen molar-refractivity contribution in [2.75, 3.05) is 19.6 Å². The van der Waals surface area contributed by atoms with Crippen molar-refractivity contribution in [3.05, 3.63) is 92.9 Å². The molecule has 4 nitrogen and oxygen atoms in total. The number of carbonyl (C=O) groups is 2. The average molecular weight is 521 g/mol. The van der Waals surface area contributed by atoms with Crippen LogP contribution in [0.5, 0.6) is 0 Å². The maximum absolute atomic E-state index is 13.8. The Morgan fingerprint density at radius 2 is 1.70 bits per heavy atom. The van der Waals surface area contributed by atoms with Crippen LogP contribution in [0.25, 0.3) is 0 Å². The molecule has 0 radical (unpaired) electrons. The summed E-state index contributed by atoms with van der Waals surface area (Å²) in [6.45, 7) is 5.44. The molecular formula is C31H37FN2O2S. The lowest BCUT2D eigenvalue weighted by molar-refractivity contribution is -0.134. The maximum Gasteiger partial charge on any atom is 0.254 e. The fourth-order valence-electron chi connectivity index (χ4n) is 5.02. The van der Waals surface area contributed by atoms with Gasteiger partial charge < -0.3 is 9.80 Å². The minimum absolute atomic E-state index is 0.0360. The molecule has 4 rings (SSSR count). The number of amides is 2. The average Bonchev–Trinajstić information content (AvgIpc) is 3.40. The van der Waals surface area contributed by atoms with Crippen LogP contribution in [-0.2, 0) is 17.6 Å². The fourth-order valence-corrected chi connectivity index (χ4v) is 5.92. The Kier molecular flexibility index (Phi) is 9.51. The summed E-state index contributed by atoms with van der Waals surface area (Å²) >= 11 is 1.70. The van der Waals surface area contributed by atoms with Crippen LogP contribution in [0.2, 0.25) is 0 Å². The lowest BCUT2D eigenvalue weighted by atomic mass is 9.93. The van der Waals surface area contributed by atoms with Crippen molar-refractivity contribution in [3.8, 4) is 0 Å². The van der Waals surface area contributed by atoms with Gasteiger partial charge in [0, 0.05) is 23.5 Å². The van der Waals surface area contributed by atoms with Crippen LogP contribution in [0.1, 0.15) is 83.9 Å². The molecule has 6 heteroatoms. The van der Waals surface area contributed by atoms with Crippen molar-refractivity contribution >= 4 is 23.2 Å². The van der Waals surface area contributed by atoms with Crippen molar-refractivity contribution in [2.24, 2.45) is 0 Å². The Morgan fingerprint density at radius 3 is 2.41 bits per heavy atom. The first kappa shape index (κ1) is 27.1. The van der Waals surface area contributed by atoms with Crippen LogP contribution >= 0.6 is 11.3 Å². The summed E-state index contributed by atoms with van der Waals surface area (Å²) in [6.07, 6.45) is 7.12. The van der Waals surface area contributed by atoms with Gasteiger partial charge in [-0.1, -0.05) is 57.4 Å². The third kappa shape index (κ3) is 6.67. The Morgan fingerprint density at radius 1 is 0.973 bits per heavy atom. The van der Waals surface area contributed by atoms with Crippen LogP contribution in [0, 0.1) is 5.82 Å².